The number of imidazole rings is 1. The van der Waals surface area contributed by atoms with Crippen LogP contribution in [0.1, 0.15) is 33.2 Å². The van der Waals surface area contributed by atoms with Crippen molar-refractivity contribution >= 4 is 46.4 Å². The molecule has 0 aliphatic heterocycles. The first-order chi connectivity index (χ1) is 20.2. The van der Waals surface area contributed by atoms with Crippen molar-refractivity contribution in [2.75, 3.05) is 17.7 Å². The van der Waals surface area contributed by atoms with Crippen LogP contribution in [0.2, 0.25) is 0 Å². The van der Waals surface area contributed by atoms with Gasteiger partial charge in [-0.1, -0.05) is 42.5 Å². The van der Waals surface area contributed by atoms with E-state index in [1.807, 2.05) is 18.2 Å². The highest BCUT2D eigenvalue weighted by molar-refractivity contribution is 6.10. The molecule has 1 aromatic heterocycles. The summed E-state index contributed by atoms with van der Waals surface area (Å²) in [7, 11) is 1.27. The third kappa shape index (κ3) is 7.57. The molecule has 0 radical (unpaired) electrons. The topological polar surface area (TPSA) is 160 Å². The molecule has 0 saturated heterocycles. The Hall–Kier alpha value is -5.97. The summed E-state index contributed by atoms with van der Waals surface area (Å²) in [5, 5.41) is 14.6. The number of anilines is 2. The molecule has 0 bridgehead atoms. The molecule has 0 saturated carbocycles. The maximum Gasteiger partial charge on any atom is 0.413 e. The fraction of sp³-hybridized carbons (Fsp3) is 0.0645. The van der Waals surface area contributed by atoms with Crippen molar-refractivity contribution in [1.29, 1.82) is 0 Å². The Balaban J connectivity index is 0.000000194. The number of hydrogen-bond acceptors (Lipinski definition) is 8. The fourth-order valence-electron chi connectivity index (χ4n) is 3.73. The van der Waals surface area contributed by atoms with Gasteiger partial charge in [0.05, 0.1) is 18.1 Å². The normalized spacial score (nSPS) is 10.1. The number of benzene rings is 4. The second-order valence-corrected chi connectivity index (χ2v) is 8.74. The minimum Gasteiger partial charge on any atom is -0.507 e. The lowest BCUT2D eigenvalue weighted by molar-refractivity contribution is -0.114. The number of phenols is 1. The number of esters is 1. The van der Waals surface area contributed by atoms with Gasteiger partial charge >= 0.3 is 12.1 Å². The van der Waals surface area contributed by atoms with E-state index in [1.54, 1.807) is 66.7 Å². The Bertz CT molecular complexity index is 1730. The number of ether oxygens (including phenoxy) is 2. The average molecular weight is 567 g/mol. The van der Waals surface area contributed by atoms with E-state index in [-0.39, 0.29) is 29.0 Å². The molecule has 4 N–H and O–H groups in total. The minimum absolute atomic E-state index is 0.0698. The second-order valence-electron chi connectivity index (χ2n) is 8.74. The summed E-state index contributed by atoms with van der Waals surface area (Å²) in [5.74, 6) is -0.426. The van der Waals surface area contributed by atoms with Crippen molar-refractivity contribution < 1.29 is 33.8 Å². The van der Waals surface area contributed by atoms with Crippen molar-refractivity contribution in [3.05, 3.63) is 114 Å². The molecule has 0 unspecified atom stereocenters. The zero-order chi connectivity index (χ0) is 30.1. The van der Waals surface area contributed by atoms with Crippen LogP contribution in [0, 0.1) is 0 Å². The second kappa shape index (κ2) is 13.4. The predicted molar refractivity (Wildman–Crippen MR) is 156 cm³/mol. The molecule has 42 heavy (non-hydrogen) atoms. The van der Waals surface area contributed by atoms with Gasteiger partial charge in [0.2, 0.25) is 11.9 Å². The van der Waals surface area contributed by atoms with Gasteiger partial charge in [0.25, 0.3) is 0 Å². The number of para-hydroxylation sites is 1. The van der Waals surface area contributed by atoms with Crippen LogP contribution in [0.15, 0.2) is 97.1 Å². The maximum absolute atomic E-state index is 12.4. The van der Waals surface area contributed by atoms with Gasteiger partial charge in [-0.05, 0) is 54.6 Å². The van der Waals surface area contributed by atoms with Gasteiger partial charge in [0, 0.05) is 23.7 Å². The SMILES string of the molecule is CC(=O)Nc1ccc(OC(=O)c2ccccc2O)cc1.COC(=O)Nc1nc2ccc(C(=O)c3ccccc3)cc2[nH]1. The summed E-state index contributed by atoms with van der Waals surface area (Å²) < 4.78 is 9.64. The zero-order valence-corrected chi connectivity index (χ0v) is 22.6. The van der Waals surface area contributed by atoms with Crippen molar-refractivity contribution in [3.8, 4) is 11.5 Å². The number of phenolic OH excluding ortho intramolecular Hbond substituents is 1. The number of nitrogens with one attached hydrogen (secondary N) is 3. The van der Waals surface area contributed by atoms with Crippen LogP contribution in [0.5, 0.6) is 11.5 Å². The van der Waals surface area contributed by atoms with E-state index >= 15 is 0 Å². The van der Waals surface area contributed by atoms with Gasteiger partial charge in [-0.3, -0.25) is 14.9 Å². The van der Waals surface area contributed by atoms with Crippen LogP contribution < -0.4 is 15.4 Å². The Morgan fingerprint density at radius 2 is 1.50 bits per heavy atom. The zero-order valence-electron chi connectivity index (χ0n) is 22.6. The van der Waals surface area contributed by atoms with Crippen LogP contribution in [-0.2, 0) is 9.53 Å². The van der Waals surface area contributed by atoms with E-state index in [9.17, 15) is 24.3 Å². The number of rotatable bonds is 6. The molecular weight excluding hydrogens is 540 g/mol. The summed E-state index contributed by atoms with van der Waals surface area (Å²) in [5.41, 5.74) is 3.18. The van der Waals surface area contributed by atoms with Crippen molar-refractivity contribution in [2.24, 2.45) is 0 Å². The molecule has 5 rings (SSSR count). The van der Waals surface area contributed by atoms with Gasteiger partial charge in [0.15, 0.2) is 5.78 Å². The van der Waals surface area contributed by atoms with Gasteiger partial charge in [-0.25, -0.2) is 14.6 Å². The van der Waals surface area contributed by atoms with Crippen molar-refractivity contribution in [2.45, 2.75) is 6.92 Å². The largest absolute Gasteiger partial charge is 0.507 e. The molecular formula is C31H26N4O7. The highest BCUT2D eigenvalue weighted by atomic mass is 16.5. The number of fused-ring (bicyclic) bond motifs is 1. The summed E-state index contributed by atoms with van der Waals surface area (Å²) in [6, 6.07) is 26.7. The van der Waals surface area contributed by atoms with E-state index in [2.05, 4.69) is 25.3 Å². The number of carbonyl (C=O) groups is 4. The molecule has 0 aliphatic carbocycles. The molecule has 0 atom stereocenters. The molecule has 0 spiro atoms. The van der Waals surface area contributed by atoms with Crippen molar-refractivity contribution in [1.82, 2.24) is 9.97 Å². The van der Waals surface area contributed by atoms with E-state index in [1.165, 1.54) is 26.2 Å². The number of H-pyrrole nitrogens is 1. The Morgan fingerprint density at radius 1 is 0.810 bits per heavy atom. The number of aromatic hydroxyl groups is 1. The summed E-state index contributed by atoms with van der Waals surface area (Å²) >= 11 is 0. The predicted octanol–water partition coefficient (Wildman–Crippen LogP) is 5.54. The van der Waals surface area contributed by atoms with E-state index in [4.69, 9.17) is 4.74 Å². The first-order valence-electron chi connectivity index (χ1n) is 12.6. The van der Waals surface area contributed by atoms with Crippen LogP contribution in [0.4, 0.5) is 16.4 Å². The quantitative estimate of drug-likeness (QED) is 0.118. The lowest BCUT2D eigenvalue weighted by Crippen LogP contribution is -2.11. The Morgan fingerprint density at radius 3 is 2.17 bits per heavy atom. The molecule has 5 aromatic rings. The first kappa shape index (κ1) is 29.0. The van der Waals surface area contributed by atoms with E-state index < -0.39 is 12.1 Å². The first-order valence-corrected chi connectivity index (χ1v) is 12.6. The number of ketones is 1. The molecule has 4 aromatic carbocycles. The molecule has 11 heteroatoms. The third-order valence-corrected chi connectivity index (χ3v) is 5.70. The number of amides is 2. The van der Waals surface area contributed by atoms with E-state index in [0.717, 1.165) is 0 Å². The monoisotopic (exact) mass is 566 g/mol. The smallest absolute Gasteiger partial charge is 0.413 e. The lowest BCUT2D eigenvalue weighted by Gasteiger charge is -2.07. The van der Waals surface area contributed by atoms with Gasteiger partial charge in [0.1, 0.15) is 17.1 Å². The molecule has 11 nitrogen and oxygen atoms in total. The van der Waals surface area contributed by atoms with E-state index in [0.29, 0.717) is 33.6 Å². The van der Waals surface area contributed by atoms with Crippen LogP contribution in [0.3, 0.4) is 0 Å². The average Bonchev–Trinajstić information content (AvgIpc) is 3.40. The highest BCUT2D eigenvalue weighted by Gasteiger charge is 2.13. The molecule has 0 fully saturated rings. The number of carbonyl (C=O) groups excluding carboxylic acids is 4. The van der Waals surface area contributed by atoms with Crippen LogP contribution in [-0.4, -0.2) is 45.9 Å². The van der Waals surface area contributed by atoms with Gasteiger partial charge < -0.3 is 24.9 Å². The summed E-state index contributed by atoms with van der Waals surface area (Å²) in [4.78, 5) is 53.4. The standard InChI is InChI=1S/C16H13N3O3.C15H13NO4/c1-22-16(21)19-15-17-12-8-7-11(9-13(12)18-15)14(20)10-5-3-2-4-6-10;1-10(17)16-11-6-8-12(9-7-11)20-15(19)13-4-2-3-5-14(13)18/h2-9H,1H3,(H2,17,18,19,21);2-9,18H,1H3,(H,16,17). The number of aromatic amines is 1. The highest BCUT2D eigenvalue weighted by Crippen LogP contribution is 2.21. The number of aromatic nitrogens is 2. The van der Waals surface area contributed by atoms with Gasteiger partial charge in [-0.15, -0.1) is 0 Å². The molecule has 212 valence electrons. The number of methoxy groups -OCH3 is 1. The molecule has 0 aliphatic rings. The van der Waals surface area contributed by atoms with Gasteiger partial charge in [-0.2, -0.15) is 0 Å². The maximum atomic E-state index is 12.4. The van der Waals surface area contributed by atoms with Crippen LogP contribution in [0.25, 0.3) is 11.0 Å². The Labute approximate surface area is 240 Å². The molecule has 2 amide bonds. The van der Waals surface area contributed by atoms with Crippen LogP contribution >= 0.6 is 0 Å². The minimum atomic E-state index is -0.643. The summed E-state index contributed by atoms with van der Waals surface area (Å²) in [6.07, 6.45) is -0.611. The molecule has 1 heterocycles. The number of nitrogens with zero attached hydrogens (tertiary/aromatic N) is 1. The number of hydrogen-bond donors (Lipinski definition) is 4. The lowest BCUT2D eigenvalue weighted by atomic mass is 10.0. The summed E-state index contributed by atoms with van der Waals surface area (Å²) in [6.45, 7) is 1.41. The fourth-order valence-corrected chi connectivity index (χ4v) is 3.73. The third-order valence-electron chi connectivity index (χ3n) is 5.70. The van der Waals surface area contributed by atoms with Crippen molar-refractivity contribution in [3.63, 3.8) is 0 Å². The Kier molecular flexibility index (Phi) is 9.26.